The van der Waals surface area contributed by atoms with Crippen molar-refractivity contribution in [2.75, 3.05) is 12.7 Å². The van der Waals surface area contributed by atoms with Crippen LogP contribution in [0.2, 0.25) is 0 Å². The third kappa shape index (κ3) is 13.9. The van der Waals surface area contributed by atoms with Crippen molar-refractivity contribution < 1.29 is 14.0 Å². The molecule has 2 atom stereocenters. The summed E-state index contributed by atoms with van der Waals surface area (Å²) in [6, 6.07) is 0. The van der Waals surface area contributed by atoms with Crippen LogP contribution in [0.3, 0.4) is 0 Å². The van der Waals surface area contributed by atoms with Crippen molar-refractivity contribution in [2.24, 2.45) is 11.5 Å². The molecular weight excluding hydrogens is 266 g/mol. The Morgan fingerprint density at radius 1 is 1.29 bits per heavy atom. The summed E-state index contributed by atoms with van der Waals surface area (Å²) in [4.78, 5) is 9.45. The molecule has 0 radical (unpaired) electrons. The second-order valence-corrected chi connectivity index (χ2v) is 5.93. The van der Waals surface area contributed by atoms with Gasteiger partial charge in [0.2, 0.25) is 0 Å². The average molecular weight is 292 g/mol. The van der Waals surface area contributed by atoms with Crippen molar-refractivity contribution in [1.29, 1.82) is 0 Å². The molecular formula is C10H26KN2O3P. The molecule has 0 fully saturated rings. The standard InChI is InChI=1S/C10H25N2O3P.K.H/c1-2-3-9-16(13,14)15-10(12)7-5-4-6-8-11;;/h10H,2-9,11-12H2,1H3,(H,13,14);;. The second-order valence-electron chi connectivity index (χ2n) is 4.00. The van der Waals surface area contributed by atoms with Crippen molar-refractivity contribution >= 4 is 59.0 Å². The summed E-state index contributed by atoms with van der Waals surface area (Å²) in [6.07, 6.45) is 4.55. The van der Waals surface area contributed by atoms with Gasteiger partial charge in [-0.05, 0) is 32.2 Å². The SMILES string of the molecule is CCCCP(=O)(O)OC(N)CCCCCN.[KH]. The van der Waals surface area contributed by atoms with Crippen LogP contribution in [0.5, 0.6) is 0 Å². The molecule has 0 aliphatic heterocycles. The molecule has 7 heteroatoms. The van der Waals surface area contributed by atoms with Crippen LogP contribution in [-0.2, 0) is 9.09 Å². The third-order valence-electron chi connectivity index (χ3n) is 2.29. The normalized spacial score (nSPS) is 16.0. The van der Waals surface area contributed by atoms with Crippen molar-refractivity contribution in [3.8, 4) is 0 Å². The van der Waals surface area contributed by atoms with Gasteiger partial charge < -0.3 is 16.4 Å². The van der Waals surface area contributed by atoms with Gasteiger partial charge in [-0.2, -0.15) is 0 Å². The summed E-state index contributed by atoms with van der Waals surface area (Å²) in [5.74, 6) is 0. The molecule has 100 valence electrons. The molecule has 5 nitrogen and oxygen atoms in total. The van der Waals surface area contributed by atoms with Gasteiger partial charge in [0.05, 0.1) is 6.16 Å². The Hall–Kier alpha value is 1.71. The fraction of sp³-hybridized carbons (Fsp3) is 1.00. The summed E-state index contributed by atoms with van der Waals surface area (Å²) in [5, 5.41) is 0. The molecule has 0 saturated carbocycles. The quantitative estimate of drug-likeness (QED) is 0.243. The van der Waals surface area contributed by atoms with E-state index >= 15 is 0 Å². The predicted octanol–water partition coefficient (Wildman–Crippen LogP) is 1.14. The van der Waals surface area contributed by atoms with Gasteiger partial charge in [0.15, 0.2) is 0 Å². The first-order chi connectivity index (χ1) is 7.52. The van der Waals surface area contributed by atoms with Gasteiger partial charge in [-0.25, -0.2) is 0 Å². The van der Waals surface area contributed by atoms with Gasteiger partial charge in [0.1, 0.15) is 6.23 Å². The molecule has 0 heterocycles. The van der Waals surface area contributed by atoms with E-state index < -0.39 is 13.8 Å². The molecule has 0 amide bonds. The van der Waals surface area contributed by atoms with E-state index in [9.17, 15) is 9.46 Å². The first kappa shape index (κ1) is 21.0. The summed E-state index contributed by atoms with van der Waals surface area (Å²) < 4.78 is 16.5. The van der Waals surface area contributed by atoms with Gasteiger partial charge in [-0.15, -0.1) is 0 Å². The molecule has 0 aliphatic rings. The zero-order valence-electron chi connectivity index (χ0n) is 10.1. The van der Waals surface area contributed by atoms with Crippen LogP contribution in [0.1, 0.15) is 45.4 Å². The maximum absolute atomic E-state index is 11.5. The molecule has 0 spiro atoms. The molecule has 0 saturated heterocycles. The maximum atomic E-state index is 11.5. The minimum atomic E-state index is -3.47. The number of hydrogen-bond donors (Lipinski definition) is 3. The average Bonchev–Trinajstić information content (AvgIpc) is 2.21. The minimum absolute atomic E-state index is 0. The van der Waals surface area contributed by atoms with Gasteiger partial charge in [0, 0.05) is 0 Å². The van der Waals surface area contributed by atoms with Gasteiger partial charge in [-0.3, -0.25) is 9.09 Å². The van der Waals surface area contributed by atoms with Crippen molar-refractivity contribution in [3.63, 3.8) is 0 Å². The Balaban J connectivity index is 0. The molecule has 0 aliphatic carbocycles. The van der Waals surface area contributed by atoms with Crippen LogP contribution < -0.4 is 11.5 Å². The molecule has 0 rings (SSSR count). The number of rotatable bonds is 10. The Kier molecular flexibility index (Phi) is 15.7. The number of hydrogen-bond acceptors (Lipinski definition) is 4. The molecule has 2 unspecified atom stereocenters. The van der Waals surface area contributed by atoms with Crippen LogP contribution in [0, 0.1) is 0 Å². The Morgan fingerprint density at radius 3 is 2.47 bits per heavy atom. The van der Waals surface area contributed by atoms with Crippen LogP contribution in [0.25, 0.3) is 0 Å². The second kappa shape index (κ2) is 12.7. The van der Waals surface area contributed by atoms with E-state index in [1.807, 2.05) is 6.92 Å². The van der Waals surface area contributed by atoms with Gasteiger partial charge >= 0.3 is 59.0 Å². The van der Waals surface area contributed by atoms with Crippen LogP contribution in [-0.4, -0.2) is 75.2 Å². The Labute approximate surface area is 147 Å². The Morgan fingerprint density at radius 2 is 1.94 bits per heavy atom. The first-order valence-electron chi connectivity index (χ1n) is 5.97. The van der Waals surface area contributed by atoms with E-state index in [0.29, 0.717) is 19.4 Å². The van der Waals surface area contributed by atoms with E-state index in [2.05, 4.69) is 0 Å². The van der Waals surface area contributed by atoms with E-state index in [-0.39, 0.29) is 57.5 Å². The summed E-state index contributed by atoms with van der Waals surface area (Å²) in [7, 11) is -3.47. The fourth-order valence-corrected chi connectivity index (χ4v) is 2.69. The van der Waals surface area contributed by atoms with E-state index in [0.717, 1.165) is 25.7 Å². The molecule has 0 aromatic rings. The summed E-state index contributed by atoms with van der Waals surface area (Å²) in [6.45, 7) is 2.64. The van der Waals surface area contributed by atoms with E-state index in [1.165, 1.54) is 0 Å². The number of nitrogens with two attached hydrogens (primary N) is 2. The molecule has 17 heavy (non-hydrogen) atoms. The monoisotopic (exact) mass is 292 g/mol. The topological polar surface area (TPSA) is 98.6 Å². The van der Waals surface area contributed by atoms with Crippen molar-refractivity contribution in [2.45, 2.75) is 51.7 Å². The van der Waals surface area contributed by atoms with E-state index in [1.54, 1.807) is 0 Å². The first-order valence-corrected chi connectivity index (χ1v) is 7.74. The molecule has 0 bridgehead atoms. The van der Waals surface area contributed by atoms with Gasteiger partial charge in [-0.1, -0.05) is 19.8 Å². The van der Waals surface area contributed by atoms with Crippen LogP contribution >= 0.6 is 7.60 Å². The fourth-order valence-electron chi connectivity index (χ4n) is 1.34. The Bertz CT molecular complexity index is 220. The summed E-state index contributed by atoms with van der Waals surface area (Å²) >= 11 is 0. The van der Waals surface area contributed by atoms with E-state index in [4.69, 9.17) is 16.0 Å². The van der Waals surface area contributed by atoms with Crippen molar-refractivity contribution in [3.05, 3.63) is 0 Å². The van der Waals surface area contributed by atoms with Crippen molar-refractivity contribution in [1.82, 2.24) is 0 Å². The predicted molar refractivity (Wildman–Crippen MR) is 73.3 cm³/mol. The molecule has 5 N–H and O–H groups in total. The zero-order chi connectivity index (χ0) is 12.4. The van der Waals surface area contributed by atoms with Crippen LogP contribution in [0.15, 0.2) is 0 Å². The zero-order valence-corrected chi connectivity index (χ0v) is 11.0. The third-order valence-corrected chi connectivity index (χ3v) is 3.77. The van der Waals surface area contributed by atoms with Crippen LogP contribution in [0.4, 0.5) is 0 Å². The van der Waals surface area contributed by atoms with Gasteiger partial charge in [0.25, 0.3) is 0 Å². The number of unbranched alkanes of at least 4 members (excludes halogenated alkanes) is 3. The molecule has 0 aromatic carbocycles. The summed E-state index contributed by atoms with van der Waals surface area (Å²) in [5.41, 5.74) is 11.0. The molecule has 0 aromatic heterocycles.